The van der Waals surface area contributed by atoms with E-state index in [0.29, 0.717) is 5.56 Å². The number of rotatable bonds is 4. The molecule has 1 N–H and O–H groups in total. The van der Waals surface area contributed by atoms with Crippen LogP contribution in [-0.2, 0) is 0 Å². The van der Waals surface area contributed by atoms with E-state index < -0.39 is 0 Å². The Hall–Kier alpha value is -1.67. The summed E-state index contributed by atoms with van der Waals surface area (Å²) in [7, 11) is 0. The lowest BCUT2D eigenvalue weighted by Crippen LogP contribution is -2.23. The van der Waals surface area contributed by atoms with Gasteiger partial charge < -0.3 is 5.32 Å². The van der Waals surface area contributed by atoms with Gasteiger partial charge in [0.2, 0.25) is 0 Å². The fourth-order valence-electron chi connectivity index (χ4n) is 2.12. The first-order valence-electron chi connectivity index (χ1n) is 6.26. The molecule has 0 bridgehead atoms. The largest absolute Gasteiger partial charge is 0.306 e. The van der Waals surface area contributed by atoms with Crippen LogP contribution in [0.3, 0.4) is 0 Å². The molecule has 0 heterocycles. The highest BCUT2D eigenvalue weighted by Gasteiger charge is 2.16. The van der Waals surface area contributed by atoms with E-state index in [2.05, 4.69) is 5.32 Å². The Kier molecular flexibility index (Phi) is 4.11. The zero-order chi connectivity index (χ0) is 13.0. The Labute approximate surface area is 108 Å². The average Bonchev–Trinajstić information content (AvgIpc) is 2.38. The second-order valence-corrected chi connectivity index (χ2v) is 4.43. The Balaban J connectivity index is 2.41. The van der Waals surface area contributed by atoms with Gasteiger partial charge in [-0.05, 0) is 30.7 Å². The van der Waals surface area contributed by atoms with E-state index in [1.165, 1.54) is 0 Å². The monoisotopic (exact) mass is 243 g/mol. The van der Waals surface area contributed by atoms with Gasteiger partial charge in [-0.15, -0.1) is 0 Å². The number of halogens is 1. The van der Waals surface area contributed by atoms with Crippen LogP contribution in [0, 0.1) is 12.7 Å². The number of hydrogen-bond acceptors (Lipinski definition) is 1. The molecule has 94 valence electrons. The van der Waals surface area contributed by atoms with Crippen LogP contribution in [0.2, 0.25) is 0 Å². The molecule has 2 aromatic rings. The van der Waals surface area contributed by atoms with Crippen molar-refractivity contribution in [2.75, 3.05) is 6.54 Å². The fraction of sp³-hybridized carbons (Fsp3) is 0.250. The lowest BCUT2D eigenvalue weighted by molar-refractivity contribution is 0.558. The van der Waals surface area contributed by atoms with Crippen LogP contribution in [0.25, 0.3) is 0 Å². The summed E-state index contributed by atoms with van der Waals surface area (Å²) in [5, 5.41) is 3.34. The maximum Gasteiger partial charge on any atom is 0.128 e. The van der Waals surface area contributed by atoms with Gasteiger partial charge in [0.25, 0.3) is 0 Å². The van der Waals surface area contributed by atoms with Gasteiger partial charge in [-0.1, -0.05) is 49.4 Å². The van der Waals surface area contributed by atoms with Gasteiger partial charge in [-0.3, -0.25) is 0 Å². The second kappa shape index (κ2) is 5.78. The van der Waals surface area contributed by atoms with Crippen molar-refractivity contribution in [1.29, 1.82) is 0 Å². The van der Waals surface area contributed by atoms with E-state index >= 15 is 0 Å². The molecule has 1 nitrogen and oxygen atoms in total. The Bertz CT molecular complexity index is 508. The van der Waals surface area contributed by atoms with Crippen LogP contribution < -0.4 is 5.32 Å². The molecular formula is C16H18FN. The quantitative estimate of drug-likeness (QED) is 0.860. The molecule has 0 fully saturated rings. The Morgan fingerprint density at radius 2 is 1.83 bits per heavy atom. The van der Waals surface area contributed by atoms with Crippen molar-refractivity contribution >= 4 is 0 Å². The molecule has 0 amide bonds. The van der Waals surface area contributed by atoms with Gasteiger partial charge >= 0.3 is 0 Å². The molecule has 0 aromatic heterocycles. The van der Waals surface area contributed by atoms with Crippen molar-refractivity contribution in [3.8, 4) is 0 Å². The van der Waals surface area contributed by atoms with Crippen molar-refractivity contribution in [2.24, 2.45) is 0 Å². The minimum absolute atomic E-state index is 0.0863. The molecule has 1 atom stereocenters. The molecular weight excluding hydrogens is 225 g/mol. The van der Waals surface area contributed by atoms with Gasteiger partial charge in [0.05, 0.1) is 6.04 Å². The number of nitrogens with one attached hydrogen (secondary N) is 1. The third-order valence-corrected chi connectivity index (χ3v) is 3.01. The van der Waals surface area contributed by atoms with Gasteiger partial charge in [0.1, 0.15) is 5.82 Å². The zero-order valence-corrected chi connectivity index (χ0v) is 10.8. The first kappa shape index (κ1) is 12.8. The van der Waals surface area contributed by atoms with E-state index in [0.717, 1.165) is 17.7 Å². The summed E-state index contributed by atoms with van der Waals surface area (Å²) >= 11 is 0. The van der Waals surface area contributed by atoms with Crippen molar-refractivity contribution in [1.82, 2.24) is 5.32 Å². The summed E-state index contributed by atoms with van der Waals surface area (Å²) in [6.07, 6.45) is 0. The van der Waals surface area contributed by atoms with Gasteiger partial charge in [-0.25, -0.2) is 4.39 Å². The SMILES string of the molecule is CCNC(c1ccccc1)c1ccc(C)cc1F. The molecule has 0 spiro atoms. The number of hydrogen-bond donors (Lipinski definition) is 1. The molecule has 2 heteroatoms. The molecule has 0 aliphatic carbocycles. The number of benzene rings is 2. The summed E-state index contributed by atoms with van der Waals surface area (Å²) in [4.78, 5) is 0. The normalized spacial score (nSPS) is 12.4. The van der Waals surface area contributed by atoms with Crippen molar-refractivity contribution < 1.29 is 4.39 Å². The zero-order valence-electron chi connectivity index (χ0n) is 10.8. The Morgan fingerprint density at radius 3 is 2.44 bits per heavy atom. The van der Waals surface area contributed by atoms with E-state index in [-0.39, 0.29) is 11.9 Å². The second-order valence-electron chi connectivity index (χ2n) is 4.43. The molecule has 0 saturated carbocycles. The first-order valence-corrected chi connectivity index (χ1v) is 6.26. The van der Waals surface area contributed by atoms with Gasteiger partial charge in [0, 0.05) is 5.56 Å². The summed E-state index contributed by atoms with van der Waals surface area (Å²) in [5.74, 6) is -0.148. The van der Waals surface area contributed by atoms with Crippen molar-refractivity contribution in [2.45, 2.75) is 19.9 Å². The van der Waals surface area contributed by atoms with Crippen LogP contribution in [0.1, 0.15) is 29.7 Å². The highest BCUT2D eigenvalue weighted by atomic mass is 19.1. The third kappa shape index (κ3) is 2.77. The highest BCUT2D eigenvalue weighted by Crippen LogP contribution is 2.24. The van der Waals surface area contributed by atoms with Gasteiger partial charge in [-0.2, -0.15) is 0 Å². The first-order chi connectivity index (χ1) is 8.72. The summed E-state index contributed by atoms with van der Waals surface area (Å²) in [6, 6.07) is 15.3. The predicted molar refractivity (Wildman–Crippen MR) is 73.1 cm³/mol. The van der Waals surface area contributed by atoms with Crippen LogP contribution >= 0.6 is 0 Å². The molecule has 0 aliphatic heterocycles. The van der Waals surface area contributed by atoms with Crippen LogP contribution in [0.15, 0.2) is 48.5 Å². The third-order valence-electron chi connectivity index (χ3n) is 3.01. The summed E-state index contributed by atoms with van der Waals surface area (Å²) in [6.45, 7) is 4.73. The van der Waals surface area contributed by atoms with Crippen LogP contribution in [0.4, 0.5) is 4.39 Å². The lowest BCUT2D eigenvalue weighted by Gasteiger charge is -2.19. The molecule has 2 rings (SSSR count). The van der Waals surface area contributed by atoms with Crippen LogP contribution in [-0.4, -0.2) is 6.54 Å². The summed E-state index contributed by atoms with van der Waals surface area (Å²) in [5.41, 5.74) is 2.73. The molecule has 0 radical (unpaired) electrons. The molecule has 1 unspecified atom stereocenters. The summed E-state index contributed by atoms with van der Waals surface area (Å²) < 4.78 is 14.1. The molecule has 18 heavy (non-hydrogen) atoms. The number of aryl methyl sites for hydroxylation is 1. The standard InChI is InChI=1S/C16H18FN/c1-3-18-16(13-7-5-4-6-8-13)14-10-9-12(2)11-15(14)17/h4-11,16,18H,3H2,1-2H3. The lowest BCUT2D eigenvalue weighted by atomic mass is 9.97. The molecule has 2 aromatic carbocycles. The van der Waals surface area contributed by atoms with E-state index in [4.69, 9.17) is 0 Å². The highest BCUT2D eigenvalue weighted by molar-refractivity contribution is 5.34. The van der Waals surface area contributed by atoms with E-state index in [1.54, 1.807) is 6.07 Å². The van der Waals surface area contributed by atoms with Crippen molar-refractivity contribution in [3.05, 3.63) is 71.0 Å². The van der Waals surface area contributed by atoms with Crippen LogP contribution in [0.5, 0.6) is 0 Å². The predicted octanol–water partition coefficient (Wildman–Crippen LogP) is 3.83. The van der Waals surface area contributed by atoms with Gasteiger partial charge in [0.15, 0.2) is 0 Å². The van der Waals surface area contributed by atoms with E-state index in [9.17, 15) is 4.39 Å². The maximum absolute atomic E-state index is 14.1. The minimum Gasteiger partial charge on any atom is -0.306 e. The maximum atomic E-state index is 14.1. The topological polar surface area (TPSA) is 12.0 Å². The Morgan fingerprint density at radius 1 is 1.11 bits per heavy atom. The molecule has 0 aliphatic rings. The minimum atomic E-state index is -0.148. The van der Waals surface area contributed by atoms with E-state index in [1.807, 2.05) is 56.3 Å². The van der Waals surface area contributed by atoms with Crippen molar-refractivity contribution in [3.63, 3.8) is 0 Å². The smallest absolute Gasteiger partial charge is 0.128 e. The average molecular weight is 243 g/mol. The fourth-order valence-corrected chi connectivity index (χ4v) is 2.12. The molecule has 0 saturated heterocycles.